The van der Waals surface area contributed by atoms with E-state index in [0.29, 0.717) is 18.2 Å². The lowest BCUT2D eigenvalue weighted by atomic mass is 10.2. The zero-order valence-corrected chi connectivity index (χ0v) is 12.2. The fraction of sp³-hybridized carbons (Fsp3) is 0.250. The highest BCUT2D eigenvalue weighted by Crippen LogP contribution is 2.25. The number of hydrogen-bond acceptors (Lipinski definition) is 4. The van der Waals surface area contributed by atoms with Crippen LogP contribution in [0.15, 0.2) is 42.6 Å². The SMILES string of the molecule is CC(C)COc1cccn2c(-c3cccc(N)c3)nnc12. The van der Waals surface area contributed by atoms with Crippen LogP contribution in [-0.4, -0.2) is 21.2 Å². The normalized spacial score (nSPS) is 11.2. The highest BCUT2D eigenvalue weighted by molar-refractivity contribution is 5.66. The fourth-order valence-electron chi connectivity index (χ4n) is 2.14. The summed E-state index contributed by atoms with van der Waals surface area (Å²) in [6.45, 7) is 4.88. The van der Waals surface area contributed by atoms with Crippen LogP contribution in [0.25, 0.3) is 17.0 Å². The molecule has 0 aliphatic rings. The van der Waals surface area contributed by atoms with Crippen LogP contribution < -0.4 is 10.5 Å². The molecule has 5 heteroatoms. The third-order valence-corrected chi connectivity index (χ3v) is 3.12. The van der Waals surface area contributed by atoms with Crippen molar-refractivity contribution >= 4 is 11.3 Å². The lowest BCUT2D eigenvalue weighted by molar-refractivity contribution is 0.272. The summed E-state index contributed by atoms with van der Waals surface area (Å²) in [5.41, 5.74) is 8.19. The molecular formula is C16H18N4O. The van der Waals surface area contributed by atoms with Gasteiger partial charge in [0.1, 0.15) is 0 Å². The number of pyridine rings is 1. The van der Waals surface area contributed by atoms with Crippen LogP contribution in [0.5, 0.6) is 5.75 Å². The monoisotopic (exact) mass is 282 g/mol. The lowest BCUT2D eigenvalue weighted by Crippen LogP contribution is -2.05. The average Bonchev–Trinajstić information content (AvgIpc) is 2.89. The van der Waals surface area contributed by atoms with Crippen molar-refractivity contribution < 1.29 is 4.74 Å². The van der Waals surface area contributed by atoms with Gasteiger partial charge in [0.25, 0.3) is 0 Å². The van der Waals surface area contributed by atoms with E-state index in [0.717, 1.165) is 22.8 Å². The molecule has 0 spiro atoms. The van der Waals surface area contributed by atoms with Crippen molar-refractivity contribution in [1.29, 1.82) is 0 Å². The van der Waals surface area contributed by atoms with Gasteiger partial charge >= 0.3 is 0 Å². The topological polar surface area (TPSA) is 65.4 Å². The van der Waals surface area contributed by atoms with Gasteiger partial charge in [0.15, 0.2) is 11.6 Å². The third-order valence-electron chi connectivity index (χ3n) is 3.12. The van der Waals surface area contributed by atoms with Crippen molar-refractivity contribution in [2.75, 3.05) is 12.3 Å². The number of ether oxygens (including phenoxy) is 1. The van der Waals surface area contributed by atoms with Gasteiger partial charge in [0.2, 0.25) is 5.65 Å². The second kappa shape index (κ2) is 5.44. The van der Waals surface area contributed by atoms with Crippen LogP contribution in [0, 0.1) is 5.92 Å². The highest BCUT2D eigenvalue weighted by Gasteiger charge is 2.12. The second-order valence-electron chi connectivity index (χ2n) is 5.42. The van der Waals surface area contributed by atoms with Gasteiger partial charge in [-0.1, -0.05) is 26.0 Å². The van der Waals surface area contributed by atoms with E-state index < -0.39 is 0 Å². The van der Waals surface area contributed by atoms with Crippen molar-refractivity contribution in [2.45, 2.75) is 13.8 Å². The summed E-state index contributed by atoms with van der Waals surface area (Å²) in [5, 5.41) is 8.52. The van der Waals surface area contributed by atoms with Gasteiger partial charge in [-0.2, -0.15) is 0 Å². The molecule has 21 heavy (non-hydrogen) atoms. The summed E-state index contributed by atoms with van der Waals surface area (Å²) in [6, 6.07) is 11.5. The zero-order chi connectivity index (χ0) is 14.8. The summed E-state index contributed by atoms with van der Waals surface area (Å²) < 4.78 is 7.73. The van der Waals surface area contributed by atoms with Gasteiger partial charge in [0.05, 0.1) is 6.61 Å². The number of nitrogens with zero attached hydrogens (tertiary/aromatic N) is 3. The summed E-state index contributed by atoms with van der Waals surface area (Å²) in [5.74, 6) is 1.96. The first-order chi connectivity index (χ1) is 10.1. The molecule has 5 nitrogen and oxygen atoms in total. The van der Waals surface area contributed by atoms with Crippen LogP contribution in [-0.2, 0) is 0 Å². The van der Waals surface area contributed by atoms with Crippen molar-refractivity contribution in [2.24, 2.45) is 5.92 Å². The van der Waals surface area contributed by atoms with E-state index >= 15 is 0 Å². The number of aromatic nitrogens is 3. The Balaban J connectivity index is 2.05. The maximum atomic E-state index is 5.84. The first kappa shape index (κ1) is 13.4. The van der Waals surface area contributed by atoms with Crippen LogP contribution in [0.4, 0.5) is 5.69 Å². The number of hydrogen-bond donors (Lipinski definition) is 1. The van der Waals surface area contributed by atoms with Crippen molar-refractivity contribution in [3.63, 3.8) is 0 Å². The molecule has 0 aliphatic carbocycles. The molecule has 2 N–H and O–H groups in total. The smallest absolute Gasteiger partial charge is 0.203 e. The molecule has 2 aromatic heterocycles. The van der Waals surface area contributed by atoms with Gasteiger partial charge in [0, 0.05) is 17.4 Å². The predicted molar refractivity (Wildman–Crippen MR) is 83.2 cm³/mol. The largest absolute Gasteiger partial charge is 0.489 e. The Hall–Kier alpha value is -2.56. The molecule has 108 valence electrons. The van der Waals surface area contributed by atoms with Crippen LogP contribution >= 0.6 is 0 Å². The number of rotatable bonds is 4. The molecule has 0 atom stereocenters. The van der Waals surface area contributed by atoms with Gasteiger partial charge in [-0.15, -0.1) is 10.2 Å². The van der Waals surface area contributed by atoms with E-state index in [1.807, 2.05) is 47.0 Å². The lowest BCUT2D eigenvalue weighted by Gasteiger charge is -2.09. The minimum absolute atomic E-state index is 0.460. The Labute approximate surface area is 123 Å². The summed E-state index contributed by atoms with van der Waals surface area (Å²) in [7, 11) is 0. The van der Waals surface area contributed by atoms with E-state index in [1.54, 1.807) is 0 Å². The Morgan fingerprint density at radius 3 is 2.81 bits per heavy atom. The molecule has 0 bridgehead atoms. The van der Waals surface area contributed by atoms with Crippen molar-refractivity contribution in [1.82, 2.24) is 14.6 Å². The second-order valence-corrected chi connectivity index (χ2v) is 5.42. The number of benzene rings is 1. The molecule has 1 aromatic carbocycles. The minimum atomic E-state index is 0.460. The molecular weight excluding hydrogens is 264 g/mol. The van der Waals surface area contributed by atoms with E-state index in [9.17, 15) is 0 Å². The zero-order valence-electron chi connectivity index (χ0n) is 12.2. The maximum absolute atomic E-state index is 5.84. The van der Waals surface area contributed by atoms with Gasteiger partial charge in [-0.05, 0) is 30.2 Å². The number of nitrogens with two attached hydrogens (primary N) is 1. The first-order valence-electron chi connectivity index (χ1n) is 6.97. The summed E-state index contributed by atoms with van der Waals surface area (Å²) in [6.07, 6.45) is 1.93. The Morgan fingerprint density at radius 1 is 1.19 bits per heavy atom. The molecule has 3 aromatic rings. The number of anilines is 1. The minimum Gasteiger partial charge on any atom is -0.489 e. The van der Waals surface area contributed by atoms with Crippen molar-refractivity contribution in [3.8, 4) is 17.1 Å². The van der Waals surface area contributed by atoms with Gasteiger partial charge in [-0.25, -0.2) is 0 Å². The maximum Gasteiger partial charge on any atom is 0.203 e. The Bertz CT molecular complexity index is 764. The molecule has 3 rings (SSSR count). The third kappa shape index (κ3) is 2.67. The Kier molecular flexibility index (Phi) is 3.48. The number of fused-ring (bicyclic) bond motifs is 1. The van der Waals surface area contributed by atoms with Gasteiger partial charge in [-0.3, -0.25) is 4.40 Å². The van der Waals surface area contributed by atoms with Crippen LogP contribution in [0.2, 0.25) is 0 Å². The Morgan fingerprint density at radius 2 is 2.05 bits per heavy atom. The summed E-state index contributed by atoms with van der Waals surface area (Å²) in [4.78, 5) is 0. The van der Waals surface area contributed by atoms with Crippen molar-refractivity contribution in [3.05, 3.63) is 42.6 Å². The summed E-state index contributed by atoms with van der Waals surface area (Å²) >= 11 is 0. The van der Waals surface area contributed by atoms with Crippen LogP contribution in [0.1, 0.15) is 13.8 Å². The standard InChI is InChI=1S/C16H18N4O/c1-11(2)10-21-14-7-4-8-20-15(18-19-16(14)20)12-5-3-6-13(17)9-12/h3-9,11H,10,17H2,1-2H3. The molecule has 2 heterocycles. The van der Waals surface area contributed by atoms with Crippen LogP contribution in [0.3, 0.4) is 0 Å². The molecule has 0 aliphatic heterocycles. The predicted octanol–water partition coefficient (Wildman–Crippen LogP) is 3.01. The quantitative estimate of drug-likeness (QED) is 0.747. The van der Waals surface area contributed by atoms with E-state index in [1.165, 1.54) is 0 Å². The molecule has 0 amide bonds. The first-order valence-corrected chi connectivity index (χ1v) is 6.97. The number of nitrogen functional groups attached to an aromatic ring is 1. The molecule has 0 fully saturated rings. The molecule has 0 saturated carbocycles. The van der Waals surface area contributed by atoms with E-state index in [-0.39, 0.29) is 0 Å². The van der Waals surface area contributed by atoms with Gasteiger partial charge < -0.3 is 10.5 Å². The fourth-order valence-corrected chi connectivity index (χ4v) is 2.14. The average molecular weight is 282 g/mol. The molecule has 0 saturated heterocycles. The van der Waals surface area contributed by atoms with E-state index in [4.69, 9.17) is 10.5 Å². The molecule has 0 radical (unpaired) electrons. The highest BCUT2D eigenvalue weighted by atomic mass is 16.5. The van der Waals surface area contributed by atoms with E-state index in [2.05, 4.69) is 24.0 Å². The molecule has 0 unspecified atom stereocenters.